The standard InChI is InChI=1S/C15H12ClN3O/c16-14-8-4-5-9-15(14)20-11-12-10-19(18-17-12)13-6-2-1-3-7-13/h1-10H,11H2. The summed E-state index contributed by atoms with van der Waals surface area (Å²) in [5, 5.41) is 8.74. The van der Waals surface area contributed by atoms with Gasteiger partial charge in [-0.15, -0.1) is 5.10 Å². The van der Waals surface area contributed by atoms with Gasteiger partial charge in [0.15, 0.2) is 0 Å². The summed E-state index contributed by atoms with van der Waals surface area (Å²) in [6.07, 6.45) is 1.84. The summed E-state index contributed by atoms with van der Waals surface area (Å²) in [4.78, 5) is 0. The Morgan fingerprint density at radius 2 is 1.75 bits per heavy atom. The molecule has 1 aromatic heterocycles. The summed E-state index contributed by atoms with van der Waals surface area (Å²) < 4.78 is 7.34. The molecule has 0 unspecified atom stereocenters. The van der Waals surface area contributed by atoms with E-state index in [9.17, 15) is 0 Å². The van der Waals surface area contributed by atoms with Crippen LogP contribution in [0.25, 0.3) is 5.69 Å². The lowest BCUT2D eigenvalue weighted by atomic mass is 10.3. The summed E-state index contributed by atoms with van der Waals surface area (Å²) in [7, 11) is 0. The van der Waals surface area contributed by atoms with Gasteiger partial charge in [-0.3, -0.25) is 0 Å². The molecule has 5 heteroatoms. The van der Waals surface area contributed by atoms with Crippen molar-refractivity contribution in [3.63, 3.8) is 0 Å². The molecule has 1 heterocycles. The first-order valence-electron chi connectivity index (χ1n) is 6.17. The van der Waals surface area contributed by atoms with Gasteiger partial charge in [0.05, 0.1) is 16.9 Å². The van der Waals surface area contributed by atoms with Crippen molar-refractivity contribution in [2.75, 3.05) is 0 Å². The number of aromatic nitrogens is 3. The van der Waals surface area contributed by atoms with Gasteiger partial charge in [-0.2, -0.15) is 0 Å². The monoisotopic (exact) mass is 285 g/mol. The predicted octanol–water partition coefficient (Wildman–Crippen LogP) is 3.50. The molecule has 0 fully saturated rings. The second-order valence-electron chi connectivity index (χ2n) is 4.21. The Kier molecular flexibility index (Phi) is 3.65. The largest absolute Gasteiger partial charge is 0.486 e. The number of halogens is 1. The van der Waals surface area contributed by atoms with Crippen molar-refractivity contribution in [1.29, 1.82) is 0 Å². The molecule has 2 aromatic carbocycles. The lowest BCUT2D eigenvalue weighted by molar-refractivity contribution is 0.301. The van der Waals surface area contributed by atoms with Gasteiger partial charge in [0.1, 0.15) is 18.1 Å². The topological polar surface area (TPSA) is 39.9 Å². The van der Waals surface area contributed by atoms with E-state index in [0.29, 0.717) is 17.4 Å². The van der Waals surface area contributed by atoms with Crippen LogP contribution < -0.4 is 4.74 Å². The van der Waals surface area contributed by atoms with Crippen molar-refractivity contribution in [2.45, 2.75) is 6.61 Å². The lowest BCUT2D eigenvalue weighted by Gasteiger charge is -2.04. The maximum atomic E-state index is 6.03. The van der Waals surface area contributed by atoms with Crippen molar-refractivity contribution >= 4 is 11.6 Å². The fourth-order valence-electron chi connectivity index (χ4n) is 1.78. The number of hydrogen-bond acceptors (Lipinski definition) is 3. The number of rotatable bonds is 4. The summed E-state index contributed by atoms with van der Waals surface area (Å²) >= 11 is 6.03. The highest BCUT2D eigenvalue weighted by molar-refractivity contribution is 6.32. The minimum Gasteiger partial charge on any atom is -0.486 e. The van der Waals surface area contributed by atoms with Crippen LogP contribution in [-0.2, 0) is 6.61 Å². The Labute approximate surface area is 121 Å². The molecule has 0 aliphatic carbocycles. The van der Waals surface area contributed by atoms with Crippen molar-refractivity contribution in [2.24, 2.45) is 0 Å². The molecule has 0 aliphatic heterocycles. The van der Waals surface area contributed by atoms with Gasteiger partial charge >= 0.3 is 0 Å². The number of para-hydroxylation sites is 2. The van der Waals surface area contributed by atoms with E-state index < -0.39 is 0 Å². The Morgan fingerprint density at radius 3 is 2.55 bits per heavy atom. The van der Waals surface area contributed by atoms with Crippen molar-refractivity contribution in [1.82, 2.24) is 15.0 Å². The van der Waals surface area contributed by atoms with Crippen LogP contribution in [-0.4, -0.2) is 15.0 Å². The maximum Gasteiger partial charge on any atom is 0.138 e. The predicted molar refractivity (Wildman–Crippen MR) is 77.1 cm³/mol. The van der Waals surface area contributed by atoms with Crippen LogP contribution in [0.3, 0.4) is 0 Å². The molecule has 0 N–H and O–H groups in total. The molecule has 0 radical (unpaired) electrons. The highest BCUT2D eigenvalue weighted by Gasteiger charge is 2.05. The zero-order valence-corrected chi connectivity index (χ0v) is 11.4. The highest BCUT2D eigenvalue weighted by atomic mass is 35.5. The Morgan fingerprint density at radius 1 is 1.00 bits per heavy atom. The van der Waals surface area contributed by atoms with Crippen LogP contribution >= 0.6 is 11.6 Å². The Hall–Kier alpha value is -2.33. The van der Waals surface area contributed by atoms with Gasteiger partial charge in [-0.05, 0) is 24.3 Å². The quantitative estimate of drug-likeness (QED) is 0.736. The third-order valence-corrected chi connectivity index (χ3v) is 3.09. The number of nitrogens with zero attached hydrogens (tertiary/aromatic N) is 3. The van der Waals surface area contributed by atoms with Crippen LogP contribution in [0.2, 0.25) is 5.02 Å². The SMILES string of the molecule is Clc1ccccc1OCc1cn(-c2ccccc2)nn1. The molecule has 0 saturated carbocycles. The van der Waals surface area contributed by atoms with E-state index in [0.717, 1.165) is 11.4 Å². The maximum absolute atomic E-state index is 6.03. The van der Waals surface area contributed by atoms with E-state index in [2.05, 4.69) is 10.3 Å². The number of ether oxygens (including phenoxy) is 1. The van der Waals surface area contributed by atoms with E-state index in [-0.39, 0.29) is 0 Å². The first-order valence-corrected chi connectivity index (χ1v) is 6.55. The molecular formula is C15H12ClN3O. The molecule has 4 nitrogen and oxygen atoms in total. The van der Waals surface area contributed by atoms with Crippen LogP contribution in [0, 0.1) is 0 Å². The number of hydrogen-bond donors (Lipinski definition) is 0. The van der Waals surface area contributed by atoms with Gasteiger partial charge in [0, 0.05) is 0 Å². The molecule has 20 heavy (non-hydrogen) atoms. The summed E-state index contributed by atoms with van der Waals surface area (Å²) in [5.41, 5.74) is 1.71. The summed E-state index contributed by atoms with van der Waals surface area (Å²) in [6, 6.07) is 17.2. The Balaban J connectivity index is 1.71. The second kappa shape index (κ2) is 5.75. The van der Waals surface area contributed by atoms with Crippen molar-refractivity contribution in [3.8, 4) is 11.4 Å². The molecule has 0 bridgehead atoms. The first kappa shape index (κ1) is 12.7. The molecule has 0 aliphatic rings. The van der Waals surface area contributed by atoms with Crippen LogP contribution in [0.15, 0.2) is 60.8 Å². The van der Waals surface area contributed by atoms with Crippen molar-refractivity contribution in [3.05, 3.63) is 71.5 Å². The van der Waals surface area contributed by atoms with Crippen LogP contribution in [0.1, 0.15) is 5.69 Å². The highest BCUT2D eigenvalue weighted by Crippen LogP contribution is 2.23. The van der Waals surface area contributed by atoms with Crippen LogP contribution in [0.5, 0.6) is 5.75 Å². The molecule has 3 rings (SSSR count). The molecular weight excluding hydrogens is 274 g/mol. The van der Waals surface area contributed by atoms with Crippen molar-refractivity contribution < 1.29 is 4.74 Å². The normalized spacial score (nSPS) is 10.4. The van der Waals surface area contributed by atoms with Gasteiger partial charge in [-0.1, -0.05) is 47.1 Å². The van der Waals surface area contributed by atoms with E-state index in [1.54, 1.807) is 10.7 Å². The van der Waals surface area contributed by atoms with Gasteiger partial charge < -0.3 is 4.74 Å². The second-order valence-corrected chi connectivity index (χ2v) is 4.62. The minimum atomic E-state index is 0.330. The average Bonchev–Trinajstić information content (AvgIpc) is 2.96. The van der Waals surface area contributed by atoms with Gasteiger partial charge in [0.25, 0.3) is 0 Å². The van der Waals surface area contributed by atoms with Gasteiger partial charge in [-0.25, -0.2) is 4.68 Å². The lowest BCUT2D eigenvalue weighted by Crippen LogP contribution is -1.96. The van der Waals surface area contributed by atoms with E-state index in [1.165, 1.54) is 0 Å². The average molecular weight is 286 g/mol. The smallest absolute Gasteiger partial charge is 0.138 e. The molecule has 0 atom stereocenters. The van der Waals surface area contributed by atoms with E-state index in [1.807, 2.05) is 54.7 Å². The molecule has 3 aromatic rings. The molecule has 0 spiro atoms. The molecule has 100 valence electrons. The first-order chi connectivity index (χ1) is 9.83. The zero-order chi connectivity index (χ0) is 13.8. The van der Waals surface area contributed by atoms with E-state index in [4.69, 9.17) is 16.3 Å². The fourth-order valence-corrected chi connectivity index (χ4v) is 1.98. The Bertz CT molecular complexity index is 697. The third-order valence-electron chi connectivity index (χ3n) is 2.77. The molecule has 0 saturated heterocycles. The fraction of sp³-hybridized carbons (Fsp3) is 0.0667. The summed E-state index contributed by atoms with van der Waals surface area (Å²) in [5.74, 6) is 0.642. The molecule has 0 amide bonds. The van der Waals surface area contributed by atoms with Gasteiger partial charge in [0.2, 0.25) is 0 Å². The van der Waals surface area contributed by atoms with Crippen LogP contribution in [0.4, 0.5) is 0 Å². The third kappa shape index (κ3) is 2.81. The minimum absolute atomic E-state index is 0.330. The number of benzene rings is 2. The van der Waals surface area contributed by atoms with E-state index >= 15 is 0 Å². The summed E-state index contributed by atoms with van der Waals surface area (Å²) in [6.45, 7) is 0.330. The zero-order valence-electron chi connectivity index (χ0n) is 10.6.